The van der Waals surface area contributed by atoms with Gasteiger partial charge in [0.2, 0.25) is 0 Å². The molecule has 4 heteroatoms. The molecule has 96 valence electrons. The Labute approximate surface area is 102 Å². The summed E-state index contributed by atoms with van der Waals surface area (Å²) < 4.78 is 18.8. The molecule has 0 saturated carbocycles. The van der Waals surface area contributed by atoms with Crippen LogP contribution in [-0.2, 0) is 4.84 Å². The molecule has 1 rings (SSSR count). The minimum Gasteiger partial charge on any atom is -0.496 e. The van der Waals surface area contributed by atoms with Crippen molar-refractivity contribution >= 4 is 0 Å². The molecule has 0 radical (unpaired) electrons. The molecular formula is C13H20FNO2. The van der Waals surface area contributed by atoms with Gasteiger partial charge in [-0.05, 0) is 25.0 Å². The maximum absolute atomic E-state index is 13.7. The van der Waals surface area contributed by atoms with E-state index in [0.717, 1.165) is 0 Å². The zero-order valence-electron chi connectivity index (χ0n) is 10.8. The highest BCUT2D eigenvalue weighted by molar-refractivity contribution is 5.36. The van der Waals surface area contributed by atoms with Crippen LogP contribution in [-0.4, -0.2) is 13.7 Å². The number of halogens is 1. The number of hydrogen-bond acceptors (Lipinski definition) is 3. The molecule has 1 unspecified atom stereocenters. The van der Waals surface area contributed by atoms with E-state index in [1.54, 1.807) is 12.1 Å². The molecule has 0 aliphatic carbocycles. The summed E-state index contributed by atoms with van der Waals surface area (Å²) in [4.78, 5) is 5.29. The second-order valence-corrected chi connectivity index (χ2v) is 4.40. The minimum absolute atomic E-state index is 0.259. The maximum Gasteiger partial charge on any atom is 0.131 e. The summed E-state index contributed by atoms with van der Waals surface area (Å²) in [6, 6.07) is 4.52. The highest BCUT2D eigenvalue weighted by Crippen LogP contribution is 2.27. The van der Waals surface area contributed by atoms with Crippen LogP contribution in [0.5, 0.6) is 5.75 Å². The van der Waals surface area contributed by atoms with Crippen molar-refractivity contribution in [3.63, 3.8) is 0 Å². The van der Waals surface area contributed by atoms with E-state index in [9.17, 15) is 4.39 Å². The lowest BCUT2D eigenvalue weighted by Crippen LogP contribution is -2.22. The van der Waals surface area contributed by atoms with Crippen molar-refractivity contribution in [1.82, 2.24) is 5.48 Å². The average Bonchev–Trinajstić information content (AvgIpc) is 2.27. The van der Waals surface area contributed by atoms with Crippen LogP contribution in [0.2, 0.25) is 0 Å². The summed E-state index contributed by atoms with van der Waals surface area (Å²) in [6.07, 6.45) is 0. The largest absolute Gasteiger partial charge is 0.496 e. The summed E-state index contributed by atoms with van der Waals surface area (Å²) in [7, 11) is 1.53. The molecule has 0 spiro atoms. The van der Waals surface area contributed by atoms with Gasteiger partial charge in [0.25, 0.3) is 0 Å². The summed E-state index contributed by atoms with van der Waals surface area (Å²) >= 11 is 0. The van der Waals surface area contributed by atoms with Crippen LogP contribution >= 0.6 is 0 Å². The minimum atomic E-state index is -0.294. The Kier molecular flexibility index (Phi) is 5.38. The first kappa shape index (κ1) is 13.9. The zero-order chi connectivity index (χ0) is 12.8. The summed E-state index contributed by atoms with van der Waals surface area (Å²) in [5, 5.41) is 0. The van der Waals surface area contributed by atoms with Gasteiger partial charge in [-0.3, -0.25) is 0 Å². The highest BCUT2D eigenvalue weighted by atomic mass is 19.1. The Balaban J connectivity index is 2.70. The van der Waals surface area contributed by atoms with Crippen LogP contribution in [0.15, 0.2) is 18.2 Å². The highest BCUT2D eigenvalue weighted by Gasteiger charge is 2.16. The second-order valence-electron chi connectivity index (χ2n) is 4.40. The van der Waals surface area contributed by atoms with Crippen molar-refractivity contribution in [1.29, 1.82) is 0 Å². The molecule has 0 bridgehead atoms. The Morgan fingerprint density at radius 3 is 2.59 bits per heavy atom. The third kappa shape index (κ3) is 3.98. The predicted octanol–water partition coefficient (Wildman–Crippen LogP) is 3.07. The van der Waals surface area contributed by atoms with E-state index in [0.29, 0.717) is 23.8 Å². The molecule has 0 saturated heterocycles. The number of ether oxygens (including phenoxy) is 1. The van der Waals surface area contributed by atoms with Gasteiger partial charge >= 0.3 is 0 Å². The van der Waals surface area contributed by atoms with Crippen LogP contribution in [0.1, 0.15) is 32.4 Å². The van der Waals surface area contributed by atoms with E-state index >= 15 is 0 Å². The predicted molar refractivity (Wildman–Crippen MR) is 65.3 cm³/mol. The first-order valence-electron chi connectivity index (χ1n) is 5.76. The van der Waals surface area contributed by atoms with Crippen molar-refractivity contribution in [3.05, 3.63) is 29.6 Å². The normalized spacial score (nSPS) is 12.8. The third-order valence-electron chi connectivity index (χ3n) is 2.34. The summed E-state index contributed by atoms with van der Waals surface area (Å²) in [5.74, 6) is 0.660. The van der Waals surface area contributed by atoms with Crippen molar-refractivity contribution < 1.29 is 14.0 Å². The smallest absolute Gasteiger partial charge is 0.131 e. The average molecular weight is 241 g/mol. The van der Waals surface area contributed by atoms with Crippen molar-refractivity contribution in [2.24, 2.45) is 5.92 Å². The lowest BCUT2D eigenvalue weighted by atomic mass is 10.1. The molecule has 0 amide bonds. The molecule has 0 heterocycles. The molecule has 0 aliphatic heterocycles. The zero-order valence-corrected chi connectivity index (χ0v) is 10.8. The molecule has 1 aromatic carbocycles. The van der Waals surface area contributed by atoms with Gasteiger partial charge in [0.15, 0.2) is 0 Å². The van der Waals surface area contributed by atoms with Gasteiger partial charge in [-0.25, -0.2) is 4.39 Å². The number of methoxy groups -OCH3 is 1. The Morgan fingerprint density at radius 2 is 2.00 bits per heavy atom. The fourth-order valence-corrected chi connectivity index (χ4v) is 1.51. The summed E-state index contributed by atoms with van der Waals surface area (Å²) in [6.45, 7) is 6.52. The van der Waals surface area contributed by atoms with E-state index in [2.05, 4.69) is 19.3 Å². The molecule has 0 aliphatic rings. The molecule has 3 nitrogen and oxygen atoms in total. The van der Waals surface area contributed by atoms with Crippen LogP contribution in [0.3, 0.4) is 0 Å². The monoisotopic (exact) mass is 241 g/mol. The molecule has 1 aromatic rings. The van der Waals surface area contributed by atoms with Gasteiger partial charge < -0.3 is 9.57 Å². The standard InChI is InChI=1S/C13H20FNO2/c1-9(2)8-17-15-10(3)13-11(14)6-5-7-12(13)16-4/h5-7,9-10,15H,8H2,1-4H3. The summed E-state index contributed by atoms with van der Waals surface area (Å²) in [5.41, 5.74) is 3.31. The number of nitrogens with one attached hydrogen (secondary N) is 1. The van der Waals surface area contributed by atoms with E-state index in [1.165, 1.54) is 13.2 Å². The first-order chi connectivity index (χ1) is 8.06. The lowest BCUT2D eigenvalue weighted by Gasteiger charge is -2.18. The van der Waals surface area contributed by atoms with Gasteiger partial charge in [-0.2, -0.15) is 5.48 Å². The quantitative estimate of drug-likeness (QED) is 0.776. The van der Waals surface area contributed by atoms with E-state index < -0.39 is 0 Å². The van der Waals surface area contributed by atoms with Gasteiger partial charge in [-0.1, -0.05) is 19.9 Å². The number of benzene rings is 1. The van der Waals surface area contributed by atoms with Crippen LogP contribution < -0.4 is 10.2 Å². The van der Waals surface area contributed by atoms with Gasteiger partial charge in [0, 0.05) is 5.56 Å². The Morgan fingerprint density at radius 1 is 1.29 bits per heavy atom. The van der Waals surface area contributed by atoms with Crippen LogP contribution in [0.25, 0.3) is 0 Å². The molecule has 0 aromatic heterocycles. The lowest BCUT2D eigenvalue weighted by molar-refractivity contribution is 0.00299. The van der Waals surface area contributed by atoms with Crippen molar-refractivity contribution in [3.8, 4) is 5.75 Å². The molecule has 1 atom stereocenters. The fraction of sp³-hybridized carbons (Fsp3) is 0.538. The number of hydrogen-bond donors (Lipinski definition) is 1. The molecule has 17 heavy (non-hydrogen) atoms. The first-order valence-corrected chi connectivity index (χ1v) is 5.76. The molecule has 1 N–H and O–H groups in total. The van der Waals surface area contributed by atoms with Gasteiger partial charge in [0.1, 0.15) is 11.6 Å². The van der Waals surface area contributed by atoms with E-state index in [-0.39, 0.29) is 11.9 Å². The van der Waals surface area contributed by atoms with Crippen LogP contribution in [0, 0.1) is 11.7 Å². The molecular weight excluding hydrogens is 221 g/mol. The number of rotatable bonds is 6. The third-order valence-corrected chi connectivity index (χ3v) is 2.34. The van der Waals surface area contributed by atoms with Gasteiger partial charge in [0.05, 0.1) is 19.8 Å². The van der Waals surface area contributed by atoms with Gasteiger partial charge in [-0.15, -0.1) is 0 Å². The van der Waals surface area contributed by atoms with Crippen molar-refractivity contribution in [2.45, 2.75) is 26.8 Å². The number of hydroxylamine groups is 1. The topological polar surface area (TPSA) is 30.5 Å². The SMILES string of the molecule is COc1cccc(F)c1C(C)NOCC(C)C. The Bertz CT molecular complexity index is 355. The fourth-order valence-electron chi connectivity index (χ4n) is 1.51. The Hall–Kier alpha value is -1.13. The van der Waals surface area contributed by atoms with Crippen LogP contribution in [0.4, 0.5) is 4.39 Å². The maximum atomic E-state index is 13.7. The second kappa shape index (κ2) is 6.57. The van der Waals surface area contributed by atoms with Crippen molar-refractivity contribution in [2.75, 3.05) is 13.7 Å². The molecule has 0 fully saturated rings. The van der Waals surface area contributed by atoms with E-state index in [4.69, 9.17) is 9.57 Å². The van der Waals surface area contributed by atoms with E-state index in [1.807, 2.05) is 6.92 Å².